The number of benzene rings is 1. The van der Waals surface area contributed by atoms with E-state index in [9.17, 15) is 9.90 Å². The van der Waals surface area contributed by atoms with Crippen molar-refractivity contribution in [2.75, 3.05) is 13.1 Å². The first-order valence-electron chi connectivity index (χ1n) is 7.65. The Morgan fingerprint density at radius 3 is 2.29 bits per heavy atom. The zero-order valence-electron chi connectivity index (χ0n) is 13.5. The number of carbonyl (C=O) groups is 1. The van der Waals surface area contributed by atoms with E-state index in [1.807, 2.05) is 26.0 Å². The van der Waals surface area contributed by atoms with Crippen LogP contribution in [-0.2, 0) is 11.2 Å². The molecular formula is C17H28N2O2. The highest BCUT2D eigenvalue weighted by Gasteiger charge is 2.09. The molecule has 0 fully saturated rings. The van der Waals surface area contributed by atoms with Gasteiger partial charge < -0.3 is 15.7 Å². The molecule has 0 bridgehead atoms. The first-order chi connectivity index (χ1) is 9.88. The molecule has 0 aliphatic heterocycles. The molecule has 0 saturated carbocycles. The SMILES string of the molecule is CC(C)Cc1ccc(C(O)CNCC(=O)NC(C)C)cc1. The van der Waals surface area contributed by atoms with Crippen LogP contribution in [0.2, 0.25) is 0 Å². The summed E-state index contributed by atoms with van der Waals surface area (Å²) in [6, 6.07) is 8.17. The third kappa shape index (κ3) is 7.25. The summed E-state index contributed by atoms with van der Waals surface area (Å²) < 4.78 is 0. The van der Waals surface area contributed by atoms with Crippen molar-refractivity contribution >= 4 is 5.91 Å². The van der Waals surface area contributed by atoms with Gasteiger partial charge in [-0.1, -0.05) is 38.1 Å². The van der Waals surface area contributed by atoms with E-state index in [0.717, 1.165) is 12.0 Å². The maximum atomic E-state index is 11.5. The number of aliphatic hydroxyl groups excluding tert-OH is 1. The normalized spacial score (nSPS) is 12.7. The van der Waals surface area contributed by atoms with Gasteiger partial charge in [0.25, 0.3) is 0 Å². The molecule has 1 aromatic rings. The zero-order chi connectivity index (χ0) is 15.8. The molecule has 3 N–H and O–H groups in total. The number of hydrogen-bond acceptors (Lipinski definition) is 3. The van der Waals surface area contributed by atoms with Gasteiger partial charge in [-0.2, -0.15) is 0 Å². The Morgan fingerprint density at radius 2 is 1.76 bits per heavy atom. The minimum absolute atomic E-state index is 0.0514. The van der Waals surface area contributed by atoms with Crippen LogP contribution in [0.4, 0.5) is 0 Å². The highest BCUT2D eigenvalue weighted by molar-refractivity contribution is 5.78. The Bertz CT molecular complexity index is 427. The van der Waals surface area contributed by atoms with Crippen LogP contribution in [-0.4, -0.2) is 30.1 Å². The van der Waals surface area contributed by atoms with E-state index < -0.39 is 6.10 Å². The third-order valence-electron chi connectivity index (χ3n) is 3.08. The molecule has 118 valence electrons. The molecule has 1 unspecified atom stereocenters. The number of amides is 1. The molecule has 1 amide bonds. The highest BCUT2D eigenvalue weighted by atomic mass is 16.3. The van der Waals surface area contributed by atoms with Crippen LogP contribution in [0.3, 0.4) is 0 Å². The summed E-state index contributed by atoms with van der Waals surface area (Å²) in [6.45, 7) is 8.82. The first kappa shape index (κ1) is 17.7. The van der Waals surface area contributed by atoms with Gasteiger partial charge in [0.2, 0.25) is 5.91 Å². The fourth-order valence-electron chi connectivity index (χ4n) is 2.16. The van der Waals surface area contributed by atoms with Crippen molar-refractivity contribution in [1.82, 2.24) is 10.6 Å². The summed E-state index contributed by atoms with van der Waals surface area (Å²) in [5, 5.41) is 15.9. The maximum absolute atomic E-state index is 11.5. The minimum atomic E-state index is -0.593. The smallest absolute Gasteiger partial charge is 0.234 e. The second-order valence-corrected chi connectivity index (χ2v) is 6.21. The molecule has 21 heavy (non-hydrogen) atoms. The second kappa shape index (κ2) is 8.80. The van der Waals surface area contributed by atoms with Gasteiger partial charge in [0.15, 0.2) is 0 Å². The minimum Gasteiger partial charge on any atom is -0.387 e. The van der Waals surface area contributed by atoms with Gasteiger partial charge in [0.05, 0.1) is 12.6 Å². The van der Waals surface area contributed by atoms with E-state index >= 15 is 0 Å². The van der Waals surface area contributed by atoms with Crippen LogP contribution in [0.25, 0.3) is 0 Å². The Kier molecular flexibility index (Phi) is 7.40. The van der Waals surface area contributed by atoms with Crippen LogP contribution < -0.4 is 10.6 Å². The number of carbonyl (C=O) groups excluding carboxylic acids is 1. The number of hydrogen-bond donors (Lipinski definition) is 3. The predicted molar refractivity (Wildman–Crippen MR) is 86.1 cm³/mol. The van der Waals surface area contributed by atoms with Crippen molar-refractivity contribution in [3.63, 3.8) is 0 Å². The number of rotatable bonds is 8. The summed E-state index contributed by atoms with van der Waals surface area (Å²) in [4.78, 5) is 11.5. The standard InChI is InChI=1S/C17H28N2O2/c1-12(2)9-14-5-7-15(8-6-14)16(20)10-18-11-17(21)19-13(3)4/h5-8,12-13,16,18,20H,9-11H2,1-4H3,(H,19,21). The van der Waals surface area contributed by atoms with E-state index in [0.29, 0.717) is 12.5 Å². The van der Waals surface area contributed by atoms with Gasteiger partial charge in [-0.3, -0.25) is 4.79 Å². The molecule has 1 aromatic carbocycles. The second-order valence-electron chi connectivity index (χ2n) is 6.21. The average molecular weight is 292 g/mol. The lowest BCUT2D eigenvalue weighted by atomic mass is 10.0. The van der Waals surface area contributed by atoms with Crippen LogP contribution in [0.15, 0.2) is 24.3 Å². The van der Waals surface area contributed by atoms with Crippen molar-refractivity contribution in [2.24, 2.45) is 5.92 Å². The average Bonchev–Trinajstić information content (AvgIpc) is 2.37. The van der Waals surface area contributed by atoms with Crippen LogP contribution in [0, 0.1) is 5.92 Å². The predicted octanol–water partition coefficient (Wildman–Crippen LogP) is 2.03. The lowest BCUT2D eigenvalue weighted by Crippen LogP contribution is -2.38. The first-order valence-corrected chi connectivity index (χ1v) is 7.65. The zero-order valence-corrected chi connectivity index (χ0v) is 13.5. The van der Waals surface area contributed by atoms with E-state index in [2.05, 4.69) is 36.6 Å². The molecule has 0 saturated heterocycles. The number of aliphatic hydroxyl groups is 1. The summed E-state index contributed by atoms with van der Waals surface area (Å²) in [6.07, 6.45) is 0.453. The Hall–Kier alpha value is -1.39. The summed E-state index contributed by atoms with van der Waals surface area (Å²) in [5.41, 5.74) is 2.16. The molecule has 1 atom stereocenters. The Morgan fingerprint density at radius 1 is 1.14 bits per heavy atom. The largest absolute Gasteiger partial charge is 0.387 e. The van der Waals surface area contributed by atoms with Crippen molar-refractivity contribution in [1.29, 1.82) is 0 Å². The molecule has 4 heteroatoms. The third-order valence-corrected chi connectivity index (χ3v) is 3.08. The molecule has 0 radical (unpaired) electrons. The van der Waals surface area contributed by atoms with Gasteiger partial charge in [0, 0.05) is 12.6 Å². The summed E-state index contributed by atoms with van der Waals surface area (Å²) in [7, 11) is 0. The van der Waals surface area contributed by atoms with Gasteiger partial charge in [-0.15, -0.1) is 0 Å². The van der Waals surface area contributed by atoms with E-state index in [1.165, 1.54) is 5.56 Å². The van der Waals surface area contributed by atoms with Crippen LogP contribution >= 0.6 is 0 Å². The molecule has 0 aromatic heterocycles. The van der Waals surface area contributed by atoms with E-state index in [4.69, 9.17) is 0 Å². The van der Waals surface area contributed by atoms with Crippen molar-refractivity contribution in [3.05, 3.63) is 35.4 Å². The van der Waals surface area contributed by atoms with E-state index in [1.54, 1.807) is 0 Å². The van der Waals surface area contributed by atoms with Gasteiger partial charge in [-0.25, -0.2) is 0 Å². The molecule has 4 nitrogen and oxygen atoms in total. The van der Waals surface area contributed by atoms with Crippen molar-refractivity contribution < 1.29 is 9.90 Å². The molecule has 1 rings (SSSR count). The van der Waals surface area contributed by atoms with Crippen LogP contribution in [0.5, 0.6) is 0 Å². The molecule has 0 aliphatic carbocycles. The van der Waals surface area contributed by atoms with E-state index in [-0.39, 0.29) is 18.5 Å². The number of nitrogens with one attached hydrogen (secondary N) is 2. The molecular weight excluding hydrogens is 264 g/mol. The highest BCUT2D eigenvalue weighted by Crippen LogP contribution is 2.15. The monoisotopic (exact) mass is 292 g/mol. The van der Waals surface area contributed by atoms with Gasteiger partial charge in [0.1, 0.15) is 0 Å². The molecule has 0 aliphatic rings. The van der Waals surface area contributed by atoms with Gasteiger partial charge >= 0.3 is 0 Å². The fourth-order valence-corrected chi connectivity index (χ4v) is 2.16. The molecule has 0 spiro atoms. The van der Waals surface area contributed by atoms with Crippen LogP contribution in [0.1, 0.15) is 44.9 Å². The lowest BCUT2D eigenvalue weighted by molar-refractivity contribution is -0.120. The van der Waals surface area contributed by atoms with Gasteiger partial charge in [-0.05, 0) is 37.3 Å². The summed E-state index contributed by atoms with van der Waals surface area (Å²) >= 11 is 0. The Balaban J connectivity index is 2.38. The summed E-state index contributed by atoms with van der Waals surface area (Å²) in [5.74, 6) is 0.575. The quantitative estimate of drug-likeness (QED) is 0.687. The molecule has 0 heterocycles. The van der Waals surface area contributed by atoms with Crippen molar-refractivity contribution in [2.45, 2.75) is 46.3 Å². The maximum Gasteiger partial charge on any atom is 0.234 e. The van der Waals surface area contributed by atoms with Crippen molar-refractivity contribution in [3.8, 4) is 0 Å². The Labute approximate surface area is 128 Å². The topological polar surface area (TPSA) is 61.4 Å². The fraction of sp³-hybridized carbons (Fsp3) is 0.588. The lowest BCUT2D eigenvalue weighted by Gasteiger charge is -2.14.